The minimum Gasteiger partial charge on any atom is -0.365 e. The fourth-order valence-electron chi connectivity index (χ4n) is 2.90. The summed E-state index contributed by atoms with van der Waals surface area (Å²) in [6.45, 7) is 6.08. The number of piperazine rings is 1. The first-order valence-corrected chi connectivity index (χ1v) is 7.10. The Morgan fingerprint density at radius 3 is 2.95 bits per heavy atom. The zero-order chi connectivity index (χ0) is 15.0. The molecule has 2 aromatic rings. The first-order chi connectivity index (χ1) is 10.1. The molecule has 2 unspecified atom stereocenters. The normalized spacial score (nSPS) is 22.5. The molecule has 1 N–H and O–H groups in total. The molecule has 0 spiro atoms. The third kappa shape index (κ3) is 2.42. The first kappa shape index (κ1) is 13.8. The van der Waals surface area contributed by atoms with Crippen LogP contribution in [0.5, 0.6) is 0 Å². The number of benzene rings is 1. The minimum atomic E-state index is -0.372. The van der Waals surface area contributed by atoms with Crippen molar-refractivity contribution in [2.24, 2.45) is 0 Å². The SMILES string of the molecule is CC1CN(c2ccc([N+](=O)[O-])c3ncccc23)C(C)CN1. The van der Waals surface area contributed by atoms with Gasteiger partial charge in [-0.15, -0.1) is 0 Å². The van der Waals surface area contributed by atoms with Crippen LogP contribution in [0, 0.1) is 10.1 Å². The van der Waals surface area contributed by atoms with Gasteiger partial charge in [-0.05, 0) is 32.0 Å². The van der Waals surface area contributed by atoms with E-state index in [0.29, 0.717) is 17.6 Å². The standard InChI is InChI=1S/C15H18N4O2/c1-10-9-18(11(2)8-17-10)13-5-6-14(19(20)21)15-12(13)4-3-7-16-15/h3-7,10-11,17H,8-9H2,1-2H3. The van der Waals surface area contributed by atoms with Gasteiger partial charge in [0.2, 0.25) is 0 Å². The molecule has 3 rings (SSSR count). The van der Waals surface area contributed by atoms with Gasteiger partial charge in [0, 0.05) is 48.5 Å². The second-order valence-corrected chi connectivity index (χ2v) is 5.57. The monoisotopic (exact) mass is 286 g/mol. The summed E-state index contributed by atoms with van der Waals surface area (Å²) in [5, 5.41) is 15.4. The van der Waals surface area contributed by atoms with Gasteiger partial charge in [0.15, 0.2) is 0 Å². The van der Waals surface area contributed by atoms with Crippen molar-refractivity contribution < 1.29 is 4.92 Å². The number of hydrogen-bond donors (Lipinski definition) is 1. The number of pyridine rings is 1. The molecule has 0 saturated carbocycles. The number of non-ortho nitro benzene ring substituents is 1. The summed E-state index contributed by atoms with van der Waals surface area (Å²) in [6, 6.07) is 7.87. The molecule has 1 fully saturated rings. The van der Waals surface area contributed by atoms with Gasteiger partial charge in [-0.25, -0.2) is 4.98 Å². The van der Waals surface area contributed by atoms with Crippen molar-refractivity contribution in [2.75, 3.05) is 18.0 Å². The Bertz CT molecular complexity index is 688. The number of aromatic nitrogens is 1. The van der Waals surface area contributed by atoms with Crippen LogP contribution in [0.4, 0.5) is 11.4 Å². The molecule has 0 radical (unpaired) electrons. The van der Waals surface area contributed by atoms with E-state index >= 15 is 0 Å². The van der Waals surface area contributed by atoms with Crippen LogP contribution in [0.2, 0.25) is 0 Å². The number of nitro benzene ring substituents is 1. The van der Waals surface area contributed by atoms with E-state index in [9.17, 15) is 10.1 Å². The second kappa shape index (κ2) is 5.29. The highest BCUT2D eigenvalue weighted by atomic mass is 16.6. The maximum atomic E-state index is 11.2. The summed E-state index contributed by atoms with van der Waals surface area (Å²) < 4.78 is 0. The van der Waals surface area contributed by atoms with E-state index in [1.165, 1.54) is 0 Å². The molecule has 1 aliphatic rings. The summed E-state index contributed by atoms with van der Waals surface area (Å²) in [5.74, 6) is 0. The van der Waals surface area contributed by atoms with Crippen molar-refractivity contribution in [1.82, 2.24) is 10.3 Å². The molecule has 6 nitrogen and oxygen atoms in total. The molecule has 1 saturated heterocycles. The largest absolute Gasteiger partial charge is 0.365 e. The topological polar surface area (TPSA) is 71.3 Å². The summed E-state index contributed by atoms with van der Waals surface area (Å²) in [7, 11) is 0. The average molecular weight is 286 g/mol. The van der Waals surface area contributed by atoms with Crippen molar-refractivity contribution >= 4 is 22.3 Å². The number of hydrogen-bond acceptors (Lipinski definition) is 5. The summed E-state index contributed by atoms with van der Waals surface area (Å²) >= 11 is 0. The molecule has 110 valence electrons. The van der Waals surface area contributed by atoms with Gasteiger partial charge in [-0.3, -0.25) is 10.1 Å². The van der Waals surface area contributed by atoms with Gasteiger partial charge in [0.25, 0.3) is 5.69 Å². The Labute approximate surface area is 122 Å². The molecule has 21 heavy (non-hydrogen) atoms. The molecule has 0 bridgehead atoms. The van der Waals surface area contributed by atoms with Crippen molar-refractivity contribution in [1.29, 1.82) is 0 Å². The maximum Gasteiger partial charge on any atom is 0.295 e. The van der Waals surface area contributed by atoms with E-state index in [1.54, 1.807) is 12.3 Å². The minimum absolute atomic E-state index is 0.0604. The molecular formula is C15H18N4O2. The van der Waals surface area contributed by atoms with Crippen LogP contribution in [0.25, 0.3) is 10.9 Å². The molecule has 0 aliphatic carbocycles. The highest BCUT2D eigenvalue weighted by Crippen LogP contribution is 2.33. The van der Waals surface area contributed by atoms with Crippen molar-refractivity contribution in [3.05, 3.63) is 40.6 Å². The number of nitrogens with zero attached hydrogens (tertiary/aromatic N) is 3. The van der Waals surface area contributed by atoms with Gasteiger partial charge >= 0.3 is 0 Å². The van der Waals surface area contributed by atoms with E-state index in [2.05, 4.69) is 29.0 Å². The lowest BCUT2D eigenvalue weighted by molar-refractivity contribution is -0.383. The Morgan fingerprint density at radius 1 is 1.38 bits per heavy atom. The second-order valence-electron chi connectivity index (χ2n) is 5.57. The van der Waals surface area contributed by atoms with Crippen LogP contribution in [-0.2, 0) is 0 Å². The summed E-state index contributed by atoms with van der Waals surface area (Å²) in [4.78, 5) is 17.3. The van der Waals surface area contributed by atoms with E-state index < -0.39 is 0 Å². The van der Waals surface area contributed by atoms with E-state index in [4.69, 9.17) is 0 Å². The fraction of sp³-hybridized carbons (Fsp3) is 0.400. The van der Waals surface area contributed by atoms with Crippen molar-refractivity contribution in [3.63, 3.8) is 0 Å². The lowest BCUT2D eigenvalue weighted by atomic mass is 10.1. The predicted octanol–water partition coefficient (Wildman–Crippen LogP) is 2.33. The summed E-state index contributed by atoms with van der Waals surface area (Å²) in [5.41, 5.74) is 1.54. The first-order valence-electron chi connectivity index (χ1n) is 7.10. The van der Waals surface area contributed by atoms with Crippen molar-refractivity contribution in [2.45, 2.75) is 25.9 Å². The van der Waals surface area contributed by atoms with Gasteiger partial charge < -0.3 is 10.2 Å². The number of nitrogens with one attached hydrogen (secondary N) is 1. The third-order valence-corrected chi connectivity index (χ3v) is 4.00. The van der Waals surface area contributed by atoms with Crippen molar-refractivity contribution in [3.8, 4) is 0 Å². The van der Waals surface area contributed by atoms with Crippen LogP contribution < -0.4 is 10.2 Å². The van der Waals surface area contributed by atoms with E-state index in [-0.39, 0.29) is 10.6 Å². The molecule has 0 amide bonds. The number of nitro groups is 1. The quantitative estimate of drug-likeness (QED) is 0.677. The summed E-state index contributed by atoms with van der Waals surface area (Å²) in [6.07, 6.45) is 1.60. The molecule has 6 heteroatoms. The van der Waals surface area contributed by atoms with Gasteiger partial charge in [0.1, 0.15) is 5.52 Å². The van der Waals surface area contributed by atoms with Crippen LogP contribution in [0.3, 0.4) is 0 Å². The Hall–Kier alpha value is -2.21. The zero-order valence-corrected chi connectivity index (χ0v) is 12.1. The van der Waals surface area contributed by atoms with Crippen LogP contribution in [0.15, 0.2) is 30.5 Å². The molecular weight excluding hydrogens is 268 g/mol. The Balaban J connectivity index is 2.15. The zero-order valence-electron chi connectivity index (χ0n) is 12.1. The third-order valence-electron chi connectivity index (χ3n) is 4.00. The van der Waals surface area contributed by atoms with E-state index in [0.717, 1.165) is 24.2 Å². The van der Waals surface area contributed by atoms with Gasteiger partial charge in [0.05, 0.1) is 4.92 Å². The maximum absolute atomic E-state index is 11.2. The van der Waals surface area contributed by atoms with Gasteiger partial charge in [-0.2, -0.15) is 0 Å². The predicted molar refractivity (Wildman–Crippen MR) is 82.7 cm³/mol. The highest BCUT2D eigenvalue weighted by Gasteiger charge is 2.25. The average Bonchev–Trinajstić information content (AvgIpc) is 2.48. The fourth-order valence-corrected chi connectivity index (χ4v) is 2.90. The smallest absolute Gasteiger partial charge is 0.295 e. The molecule has 1 aromatic carbocycles. The molecule has 1 aromatic heterocycles. The van der Waals surface area contributed by atoms with Gasteiger partial charge in [-0.1, -0.05) is 0 Å². The number of rotatable bonds is 2. The van der Waals surface area contributed by atoms with E-state index in [1.807, 2.05) is 18.2 Å². The Morgan fingerprint density at radius 2 is 2.19 bits per heavy atom. The molecule has 1 aliphatic heterocycles. The van der Waals surface area contributed by atoms with Crippen LogP contribution in [-0.4, -0.2) is 35.1 Å². The van der Waals surface area contributed by atoms with Crippen LogP contribution >= 0.6 is 0 Å². The lowest BCUT2D eigenvalue weighted by Gasteiger charge is -2.39. The number of anilines is 1. The molecule has 2 atom stereocenters. The highest BCUT2D eigenvalue weighted by molar-refractivity contribution is 5.97. The molecule has 2 heterocycles. The Kier molecular flexibility index (Phi) is 3.47. The van der Waals surface area contributed by atoms with Crippen LogP contribution in [0.1, 0.15) is 13.8 Å². The number of fused-ring (bicyclic) bond motifs is 1. The lowest BCUT2D eigenvalue weighted by Crippen LogP contribution is -2.54.